The van der Waals surface area contributed by atoms with Crippen molar-refractivity contribution in [3.05, 3.63) is 157 Å². The monoisotopic (exact) mass is 590 g/mol. The van der Waals surface area contributed by atoms with Crippen LogP contribution in [0.15, 0.2) is 150 Å². The molecule has 6 aromatic carbocycles. The summed E-state index contributed by atoms with van der Waals surface area (Å²) in [5.74, 6) is 0.716. The van der Waals surface area contributed by atoms with Crippen LogP contribution in [0.4, 0.5) is 0 Å². The van der Waals surface area contributed by atoms with Crippen molar-refractivity contribution in [1.29, 1.82) is 0 Å². The summed E-state index contributed by atoms with van der Waals surface area (Å²) in [7, 11) is 0. The average molecular weight is 591 g/mol. The molecule has 0 bridgehead atoms. The van der Waals surface area contributed by atoms with Gasteiger partial charge in [-0.3, -0.25) is 0 Å². The van der Waals surface area contributed by atoms with Gasteiger partial charge in [0.05, 0.1) is 11.4 Å². The maximum Gasteiger partial charge on any atom is 0.160 e. The second-order valence-electron chi connectivity index (χ2n) is 12.6. The van der Waals surface area contributed by atoms with Crippen molar-refractivity contribution in [2.75, 3.05) is 0 Å². The molecule has 0 spiro atoms. The van der Waals surface area contributed by atoms with Crippen LogP contribution < -0.4 is 0 Å². The van der Waals surface area contributed by atoms with Crippen molar-refractivity contribution in [2.45, 2.75) is 19.3 Å². The summed E-state index contributed by atoms with van der Waals surface area (Å²) in [6, 6.07) is 51.0. The van der Waals surface area contributed by atoms with E-state index in [1.807, 2.05) is 42.5 Å². The van der Waals surface area contributed by atoms with Crippen molar-refractivity contribution in [3.63, 3.8) is 0 Å². The van der Waals surface area contributed by atoms with Crippen molar-refractivity contribution in [3.8, 4) is 56.2 Å². The molecule has 2 heterocycles. The first-order chi connectivity index (χ1) is 22.5. The minimum Gasteiger partial charge on any atom is -0.456 e. The molecule has 0 saturated heterocycles. The molecule has 0 amide bonds. The Hall–Kier alpha value is -5.80. The van der Waals surface area contributed by atoms with Crippen molar-refractivity contribution in [2.24, 2.45) is 0 Å². The molecule has 3 heteroatoms. The Balaban J connectivity index is 1.12. The molecule has 0 aliphatic heterocycles. The smallest absolute Gasteiger partial charge is 0.160 e. The lowest BCUT2D eigenvalue weighted by Gasteiger charge is -2.22. The second-order valence-corrected chi connectivity index (χ2v) is 12.6. The van der Waals surface area contributed by atoms with Crippen LogP contribution in [0.3, 0.4) is 0 Å². The van der Waals surface area contributed by atoms with Crippen LogP contribution >= 0.6 is 0 Å². The van der Waals surface area contributed by atoms with Gasteiger partial charge in [0.2, 0.25) is 0 Å². The minimum atomic E-state index is -0.132. The minimum absolute atomic E-state index is 0.132. The topological polar surface area (TPSA) is 38.9 Å². The van der Waals surface area contributed by atoms with E-state index >= 15 is 0 Å². The van der Waals surface area contributed by atoms with Crippen LogP contribution in [0.2, 0.25) is 0 Å². The quantitative estimate of drug-likeness (QED) is 0.205. The van der Waals surface area contributed by atoms with E-state index in [0.717, 1.165) is 39.2 Å². The molecule has 0 N–H and O–H groups in total. The fourth-order valence-electron chi connectivity index (χ4n) is 7.12. The predicted molar refractivity (Wildman–Crippen MR) is 189 cm³/mol. The second kappa shape index (κ2) is 10.1. The SMILES string of the molecule is CC1(C)c2cc(-c3ccc(-c4nc(-c5ccccc5)cc(-c5ccccc5)n4)cc3)ccc2-c2c1ccc1oc3ccccc3c21. The number of nitrogens with zero attached hydrogens (tertiary/aromatic N) is 2. The van der Waals surface area contributed by atoms with E-state index < -0.39 is 0 Å². The zero-order chi connectivity index (χ0) is 30.8. The third-order valence-corrected chi connectivity index (χ3v) is 9.52. The predicted octanol–water partition coefficient (Wildman–Crippen LogP) is 11.4. The summed E-state index contributed by atoms with van der Waals surface area (Å²) < 4.78 is 6.26. The van der Waals surface area contributed by atoms with Crippen LogP contribution in [0.5, 0.6) is 0 Å². The van der Waals surface area contributed by atoms with Crippen molar-refractivity contribution >= 4 is 21.9 Å². The molecule has 8 aromatic rings. The van der Waals surface area contributed by atoms with E-state index in [0.29, 0.717) is 5.82 Å². The molecule has 9 rings (SSSR count). The third-order valence-electron chi connectivity index (χ3n) is 9.52. The zero-order valence-corrected chi connectivity index (χ0v) is 25.7. The fourth-order valence-corrected chi connectivity index (χ4v) is 7.12. The van der Waals surface area contributed by atoms with E-state index in [1.165, 1.54) is 44.2 Å². The lowest BCUT2D eigenvalue weighted by Crippen LogP contribution is -2.14. The number of para-hydroxylation sites is 1. The largest absolute Gasteiger partial charge is 0.456 e. The van der Waals surface area contributed by atoms with Gasteiger partial charge in [0.15, 0.2) is 5.82 Å². The van der Waals surface area contributed by atoms with E-state index in [9.17, 15) is 0 Å². The van der Waals surface area contributed by atoms with Gasteiger partial charge in [-0.15, -0.1) is 0 Å². The van der Waals surface area contributed by atoms with Crippen LogP contribution in [-0.2, 0) is 5.41 Å². The Bertz CT molecular complexity index is 2360. The number of benzene rings is 6. The van der Waals surface area contributed by atoms with Gasteiger partial charge in [-0.2, -0.15) is 0 Å². The Morgan fingerprint density at radius 1 is 0.478 bits per heavy atom. The van der Waals surface area contributed by atoms with E-state index in [1.54, 1.807) is 0 Å². The first-order valence-corrected chi connectivity index (χ1v) is 15.7. The van der Waals surface area contributed by atoms with Crippen LogP contribution in [0.1, 0.15) is 25.0 Å². The van der Waals surface area contributed by atoms with Gasteiger partial charge in [0.25, 0.3) is 0 Å². The maximum absolute atomic E-state index is 6.26. The van der Waals surface area contributed by atoms with Gasteiger partial charge in [-0.25, -0.2) is 9.97 Å². The Labute approximate surface area is 267 Å². The van der Waals surface area contributed by atoms with Gasteiger partial charge in [0, 0.05) is 32.9 Å². The van der Waals surface area contributed by atoms with Crippen molar-refractivity contribution < 1.29 is 4.42 Å². The molecule has 1 aliphatic carbocycles. The fraction of sp³-hybridized carbons (Fsp3) is 0.0698. The van der Waals surface area contributed by atoms with Gasteiger partial charge < -0.3 is 4.42 Å². The molecular weight excluding hydrogens is 560 g/mol. The number of furan rings is 1. The van der Waals surface area contributed by atoms with Gasteiger partial charge in [-0.1, -0.05) is 135 Å². The zero-order valence-electron chi connectivity index (χ0n) is 25.7. The molecular formula is C43H30N2O. The Kier molecular flexibility index (Phi) is 5.85. The number of hydrogen-bond acceptors (Lipinski definition) is 3. The first-order valence-electron chi connectivity index (χ1n) is 15.7. The summed E-state index contributed by atoms with van der Waals surface area (Å²) in [6.45, 7) is 4.67. The van der Waals surface area contributed by atoms with Crippen LogP contribution in [0.25, 0.3) is 78.1 Å². The van der Waals surface area contributed by atoms with E-state index in [2.05, 4.69) is 117 Å². The highest BCUT2D eigenvalue weighted by Crippen LogP contribution is 2.53. The van der Waals surface area contributed by atoms with E-state index in [4.69, 9.17) is 14.4 Å². The highest BCUT2D eigenvalue weighted by Gasteiger charge is 2.37. The first kappa shape index (κ1) is 26.6. The lowest BCUT2D eigenvalue weighted by molar-refractivity contribution is 0.657. The highest BCUT2D eigenvalue weighted by atomic mass is 16.3. The van der Waals surface area contributed by atoms with Gasteiger partial charge >= 0.3 is 0 Å². The maximum atomic E-state index is 6.26. The van der Waals surface area contributed by atoms with Crippen molar-refractivity contribution in [1.82, 2.24) is 9.97 Å². The standard InChI is InChI=1S/C43H30N2O/c1-43(2)34-23-24-39-41(33-15-9-10-16-38(33)46-39)40(34)32-22-21-31(25-35(32)43)27-17-19-30(20-18-27)42-44-36(28-11-5-3-6-12-28)26-37(45-42)29-13-7-4-8-14-29/h3-26H,1-2H3. The third kappa shape index (κ3) is 4.13. The average Bonchev–Trinajstić information content (AvgIpc) is 3.60. The summed E-state index contributed by atoms with van der Waals surface area (Å²) >= 11 is 0. The highest BCUT2D eigenvalue weighted by molar-refractivity contribution is 6.15. The van der Waals surface area contributed by atoms with E-state index in [-0.39, 0.29) is 5.41 Å². The molecule has 218 valence electrons. The molecule has 46 heavy (non-hydrogen) atoms. The number of hydrogen-bond donors (Lipinski definition) is 0. The lowest BCUT2D eigenvalue weighted by atomic mass is 9.81. The molecule has 0 fully saturated rings. The Morgan fingerprint density at radius 2 is 1.09 bits per heavy atom. The van der Waals surface area contributed by atoms with Gasteiger partial charge in [0.1, 0.15) is 11.2 Å². The summed E-state index contributed by atoms with van der Waals surface area (Å²) in [6.07, 6.45) is 0. The molecule has 0 atom stereocenters. The number of rotatable bonds is 4. The molecule has 3 nitrogen and oxygen atoms in total. The number of fused-ring (bicyclic) bond motifs is 7. The number of aromatic nitrogens is 2. The molecule has 0 radical (unpaired) electrons. The molecule has 0 saturated carbocycles. The molecule has 0 unspecified atom stereocenters. The van der Waals surface area contributed by atoms with Crippen LogP contribution in [-0.4, -0.2) is 9.97 Å². The normalized spacial score (nSPS) is 13.2. The summed E-state index contributed by atoms with van der Waals surface area (Å²) in [4.78, 5) is 10.0. The summed E-state index contributed by atoms with van der Waals surface area (Å²) in [5.41, 5.74) is 14.3. The summed E-state index contributed by atoms with van der Waals surface area (Å²) in [5, 5.41) is 2.39. The Morgan fingerprint density at radius 3 is 1.78 bits per heavy atom. The molecule has 1 aliphatic rings. The molecule has 2 aromatic heterocycles. The van der Waals surface area contributed by atoms with Crippen LogP contribution in [0, 0.1) is 0 Å². The van der Waals surface area contributed by atoms with Gasteiger partial charge in [-0.05, 0) is 57.6 Å².